The highest BCUT2D eigenvalue weighted by molar-refractivity contribution is 7.15. The summed E-state index contributed by atoms with van der Waals surface area (Å²) in [6.45, 7) is 3.68. The lowest BCUT2D eigenvalue weighted by molar-refractivity contribution is 0.539. The normalized spacial score (nSPS) is 9.29. The van der Waals surface area contributed by atoms with Gasteiger partial charge in [-0.3, -0.25) is 0 Å². The largest absolute Gasteiger partial charge is 0.426 e. The molecule has 0 aliphatic heterocycles. The minimum absolute atomic E-state index is 0.373. The van der Waals surface area contributed by atoms with Gasteiger partial charge in [-0.05, 0) is 6.92 Å². The van der Waals surface area contributed by atoms with Gasteiger partial charge in [-0.1, -0.05) is 0 Å². The van der Waals surface area contributed by atoms with Crippen LogP contribution in [-0.2, 0) is 0 Å². The van der Waals surface area contributed by atoms with Gasteiger partial charge in [0.1, 0.15) is 5.00 Å². The zero-order chi connectivity index (χ0) is 10.6. The Morgan fingerprint density at radius 3 is 2.07 bits per heavy atom. The summed E-state index contributed by atoms with van der Waals surface area (Å²) in [5.74, 6) is 0.981. The van der Waals surface area contributed by atoms with Gasteiger partial charge < -0.3 is 15.9 Å². The Kier molecular flexibility index (Phi) is 3.47. The Balaban J connectivity index is 0.000000140. The van der Waals surface area contributed by atoms with Crippen molar-refractivity contribution in [1.29, 1.82) is 0 Å². The maximum absolute atomic E-state index is 5.33. The molecule has 6 heteroatoms. The Morgan fingerprint density at radius 1 is 1.21 bits per heavy atom. The molecule has 0 spiro atoms. The number of oxazole rings is 1. The summed E-state index contributed by atoms with van der Waals surface area (Å²) in [7, 11) is 0. The molecule has 2 aromatic heterocycles. The average molecular weight is 212 g/mol. The van der Waals surface area contributed by atoms with Gasteiger partial charge >= 0.3 is 0 Å². The number of nitrogen functional groups attached to an aromatic ring is 2. The van der Waals surface area contributed by atoms with Crippen LogP contribution in [0.2, 0.25) is 0 Å². The van der Waals surface area contributed by atoms with Crippen molar-refractivity contribution in [3.63, 3.8) is 0 Å². The zero-order valence-corrected chi connectivity index (χ0v) is 8.84. The number of thiazole rings is 1. The first-order valence-corrected chi connectivity index (χ1v) is 4.75. The van der Waals surface area contributed by atoms with Crippen molar-refractivity contribution in [3.8, 4) is 0 Å². The van der Waals surface area contributed by atoms with Crippen LogP contribution in [0.4, 0.5) is 10.9 Å². The summed E-state index contributed by atoms with van der Waals surface area (Å²) in [4.78, 5) is 7.63. The first-order valence-electron chi connectivity index (χ1n) is 3.93. The second-order valence-corrected chi connectivity index (χ2v) is 3.83. The van der Waals surface area contributed by atoms with Crippen LogP contribution in [0, 0.1) is 13.8 Å². The van der Waals surface area contributed by atoms with Gasteiger partial charge in [-0.2, -0.15) is 0 Å². The summed E-state index contributed by atoms with van der Waals surface area (Å²) in [5.41, 5.74) is 10.5. The van der Waals surface area contributed by atoms with E-state index < -0.39 is 0 Å². The standard InChI is InChI=1S/C4H6N2O.C4H6N2S/c2*1-3-6-2-4(5)7-3/h2*2H,5H2,1H3. The van der Waals surface area contributed by atoms with Crippen molar-refractivity contribution in [2.24, 2.45) is 0 Å². The van der Waals surface area contributed by atoms with Gasteiger partial charge in [0.15, 0.2) is 5.89 Å². The summed E-state index contributed by atoms with van der Waals surface area (Å²) in [6, 6.07) is 0. The third-order valence-electron chi connectivity index (χ3n) is 1.28. The van der Waals surface area contributed by atoms with E-state index >= 15 is 0 Å². The molecule has 5 nitrogen and oxygen atoms in total. The van der Waals surface area contributed by atoms with Gasteiger partial charge in [0.2, 0.25) is 5.88 Å². The number of anilines is 2. The average Bonchev–Trinajstić information content (AvgIpc) is 2.63. The lowest BCUT2D eigenvalue weighted by atomic mass is 10.8. The molecule has 76 valence electrons. The number of hydrogen-bond acceptors (Lipinski definition) is 6. The van der Waals surface area contributed by atoms with E-state index in [0.717, 1.165) is 10.0 Å². The molecule has 0 fully saturated rings. The summed E-state index contributed by atoms with van der Waals surface area (Å²) >= 11 is 1.51. The number of aromatic nitrogens is 2. The predicted molar refractivity (Wildman–Crippen MR) is 56.9 cm³/mol. The van der Waals surface area contributed by atoms with Crippen LogP contribution in [-0.4, -0.2) is 9.97 Å². The second-order valence-electron chi connectivity index (χ2n) is 2.56. The molecule has 4 N–H and O–H groups in total. The maximum atomic E-state index is 5.33. The number of nitrogens with zero attached hydrogens (tertiary/aromatic N) is 2. The Morgan fingerprint density at radius 2 is 1.93 bits per heavy atom. The molecule has 2 rings (SSSR count). The molecular formula is C8H12N4OS. The fourth-order valence-corrected chi connectivity index (χ4v) is 1.31. The quantitative estimate of drug-likeness (QED) is 0.692. The third-order valence-corrected chi connectivity index (χ3v) is 2.02. The number of rotatable bonds is 0. The molecule has 0 aliphatic carbocycles. The van der Waals surface area contributed by atoms with E-state index in [-0.39, 0.29) is 0 Å². The minimum Gasteiger partial charge on any atom is -0.426 e. The SMILES string of the molecule is Cc1ncc(N)o1.Cc1ncc(N)s1. The van der Waals surface area contributed by atoms with Crippen molar-refractivity contribution in [2.45, 2.75) is 13.8 Å². The van der Waals surface area contributed by atoms with Crippen molar-refractivity contribution >= 4 is 22.2 Å². The third kappa shape index (κ3) is 3.44. The molecule has 0 saturated carbocycles. The fraction of sp³-hybridized carbons (Fsp3) is 0.250. The van der Waals surface area contributed by atoms with E-state index in [0.29, 0.717) is 11.8 Å². The first-order chi connectivity index (χ1) is 6.58. The molecule has 0 aliphatic rings. The fourth-order valence-electron chi connectivity index (χ4n) is 0.756. The van der Waals surface area contributed by atoms with Gasteiger partial charge in [-0.25, -0.2) is 9.97 Å². The minimum atomic E-state index is 0.373. The molecule has 0 unspecified atom stereocenters. The van der Waals surface area contributed by atoms with E-state index in [1.807, 2.05) is 6.92 Å². The molecular weight excluding hydrogens is 200 g/mol. The van der Waals surface area contributed by atoms with Crippen molar-refractivity contribution in [2.75, 3.05) is 11.5 Å². The van der Waals surface area contributed by atoms with Crippen LogP contribution in [0.25, 0.3) is 0 Å². The first kappa shape index (κ1) is 10.5. The van der Waals surface area contributed by atoms with E-state index in [1.54, 1.807) is 13.1 Å². The second kappa shape index (κ2) is 4.61. The van der Waals surface area contributed by atoms with Gasteiger partial charge in [0.05, 0.1) is 17.4 Å². The highest BCUT2D eigenvalue weighted by Gasteiger charge is 1.88. The molecule has 0 radical (unpaired) electrons. The van der Waals surface area contributed by atoms with Crippen LogP contribution in [0.15, 0.2) is 16.8 Å². The molecule has 0 aromatic carbocycles. The van der Waals surface area contributed by atoms with Crippen molar-refractivity contribution in [3.05, 3.63) is 23.3 Å². The monoisotopic (exact) mass is 212 g/mol. The van der Waals surface area contributed by atoms with Crippen LogP contribution in [0.1, 0.15) is 10.9 Å². The number of aryl methyl sites for hydroxylation is 2. The van der Waals surface area contributed by atoms with E-state index in [1.165, 1.54) is 17.5 Å². The lowest BCUT2D eigenvalue weighted by Gasteiger charge is -1.74. The molecule has 2 heterocycles. The highest BCUT2D eigenvalue weighted by atomic mass is 32.1. The van der Waals surface area contributed by atoms with Crippen LogP contribution in [0.3, 0.4) is 0 Å². The maximum Gasteiger partial charge on any atom is 0.211 e. The highest BCUT2D eigenvalue weighted by Crippen LogP contribution is 2.11. The molecule has 0 bridgehead atoms. The van der Waals surface area contributed by atoms with Crippen molar-refractivity contribution in [1.82, 2.24) is 9.97 Å². The van der Waals surface area contributed by atoms with Crippen LogP contribution < -0.4 is 11.5 Å². The topological polar surface area (TPSA) is 91.0 Å². The van der Waals surface area contributed by atoms with E-state index in [2.05, 4.69) is 9.97 Å². The smallest absolute Gasteiger partial charge is 0.211 e. The van der Waals surface area contributed by atoms with E-state index in [9.17, 15) is 0 Å². The van der Waals surface area contributed by atoms with Crippen LogP contribution >= 0.6 is 11.3 Å². The molecule has 14 heavy (non-hydrogen) atoms. The molecule has 0 saturated heterocycles. The van der Waals surface area contributed by atoms with Crippen LogP contribution in [0.5, 0.6) is 0 Å². The molecule has 0 atom stereocenters. The predicted octanol–water partition coefficient (Wildman–Crippen LogP) is 1.60. The van der Waals surface area contributed by atoms with Gasteiger partial charge in [-0.15, -0.1) is 11.3 Å². The zero-order valence-electron chi connectivity index (χ0n) is 8.02. The number of nitrogens with two attached hydrogens (primary N) is 2. The summed E-state index contributed by atoms with van der Waals surface area (Å²) in [5, 5.41) is 1.81. The molecule has 2 aromatic rings. The summed E-state index contributed by atoms with van der Waals surface area (Å²) < 4.78 is 4.75. The Bertz CT molecular complexity index is 324. The lowest BCUT2D eigenvalue weighted by Crippen LogP contribution is -1.75. The van der Waals surface area contributed by atoms with Gasteiger partial charge in [0, 0.05) is 6.92 Å². The molecule has 0 amide bonds. The number of hydrogen-bond donors (Lipinski definition) is 2. The van der Waals surface area contributed by atoms with Crippen molar-refractivity contribution < 1.29 is 4.42 Å². The summed E-state index contributed by atoms with van der Waals surface area (Å²) in [6.07, 6.45) is 3.15. The van der Waals surface area contributed by atoms with E-state index in [4.69, 9.17) is 15.9 Å². The van der Waals surface area contributed by atoms with Gasteiger partial charge in [0.25, 0.3) is 0 Å². The Labute approximate surface area is 85.8 Å². The Hall–Kier alpha value is -1.56.